The molecule has 0 saturated carbocycles. The van der Waals surface area contributed by atoms with E-state index < -0.39 is 12.1 Å². The molecule has 35 heavy (non-hydrogen) atoms. The first-order valence-electron chi connectivity index (χ1n) is 11.8. The molecule has 186 valence electrons. The minimum atomic E-state index is -0.997. The van der Waals surface area contributed by atoms with Crippen LogP contribution in [0.1, 0.15) is 29.9 Å². The summed E-state index contributed by atoms with van der Waals surface area (Å²) in [4.78, 5) is 36.7. The fourth-order valence-corrected chi connectivity index (χ4v) is 4.59. The molecule has 0 bridgehead atoms. The summed E-state index contributed by atoms with van der Waals surface area (Å²) in [6.45, 7) is 1.27. The molecule has 2 aromatic carbocycles. The molecule has 9 nitrogen and oxygen atoms in total. The molecular weight excluding hydrogens is 452 g/mol. The van der Waals surface area contributed by atoms with Gasteiger partial charge in [-0.3, -0.25) is 4.79 Å². The van der Waals surface area contributed by atoms with Gasteiger partial charge in [-0.2, -0.15) is 0 Å². The lowest BCUT2D eigenvalue weighted by Gasteiger charge is -2.31. The highest BCUT2D eigenvalue weighted by Crippen LogP contribution is 2.44. The molecule has 1 saturated heterocycles. The summed E-state index contributed by atoms with van der Waals surface area (Å²) in [6.07, 6.45) is 0.535. The second kappa shape index (κ2) is 11.8. The number of hydrogen-bond donors (Lipinski definition) is 2. The highest BCUT2D eigenvalue weighted by molar-refractivity contribution is 5.79. The zero-order valence-corrected chi connectivity index (χ0v) is 19.5. The van der Waals surface area contributed by atoms with E-state index >= 15 is 0 Å². The normalized spacial score (nSPS) is 15.4. The number of aliphatic carboxylic acids is 1. The molecule has 1 heterocycles. The quantitative estimate of drug-likeness (QED) is 0.501. The van der Waals surface area contributed by atoms with Gasteiger partial charge in [-0.05, 0) is 35.1 Å². The number of alkyl carbamates (subject to hydrolysis) is 1. The summed E-state index contributed by atoms with van der Waals surface area (Å²) < 4.78 is 16.2. The minimum Gasteiger partial charge on any atom is -0.480 e. The first-order valence-corrected chi connectivity index (χ1v) is 11.8. The van der Waals surface area contributed by atoms with Crippen molar-refractivity contribution in [3.05, 3.63) is 59.7 Å². The molecule has 4 rings (SSSR count). The largest absolute Gasteiger partial charge is 0.480 e. The number of nitrogens with zero attached hydrogens (tertiary/aromatic N) is 1. The molecule has 2 amide bonds. The Labute approximate surface area is 204 Å². The van der Waals surface area contributed by atoms with E-state index in [9.17, 15) is 14.4 Å². The molecule has 1 aliphatic heterocycles. The maximum absolute atomic E-state index is 12.3. The van der Waals surface area contributed by atoms with Crippen LogP contribution in [0, 0.1) is 0 Å². The van der Waals surface area contributed by atoms with Crippen LogP contribution in [0.3, 0.4) is 0 Å². The van der Waals surface area contributed by atoms with E-state index in [1.165, 1.54) is 11.1 Å². The van der Waals surface area contributed by atoms with Gasteiger partial charge < -0.3 is 29.5 Å². The molecule has 2 aromatic rings. The molecule has 1 aliphatic carbocycles. The Bertz CT molecular complexity index is 1000. The van der Waals surface area contributed by atoms with E-state index in [0.717, 1.165) is 11.1 Å². The zero-order chi connectivity index (χ0) is 24.6. The van der Waals surface area contributed by atoms with Crippen molar-refractivity contribution >= 4 is 18.0 Å². The number of nitrogens with one attached hydrogen (secondary N) is 1. The van der Waals surface area contributed by atoms with Crippen LogP contribution in [0.4, 0.5) is 4.79 Å². The Hall–Kier alpha value is -3.43. The van der Waals surface area contributed by atoms with Crippen molar-refractivity contribution in [2.75, 3.05) is 46.1 Å². The van der Waals surface area contributed by atoms with Gasteiger partial charge in [0, 0.05) is 25.6 Å². The number of carboxylic acids is 1. The summed E-state index contributed by atoms with van der Waals surface area (Å²) in [5.74, 6) is -1.13. The van der Waals surface area contributed by atoms with E-state index in [-0.39, 0.29) is 50.9 Å². The molecule has 1 fully saturated rings. The Morgan fingerprint density at radius 2 is 1.57 bits per heavy atom. The van der Waals surface area contributed by atoms with Gasteiger partial charge >= 0.3 is 12.1 Å². The molecule has 9 heteroatoms. The van der Waals surface area contributed by atoms with Gasteiger partial charge in [-0.25, -0.2) is 9.59 Å². The number of ether oxygens (including phenoxy) is 3. The van der Waals surface area contributed by atoms with Crippen LogP contribution in [0.25, 0.3) is 11.1 Å². The van der Waals surface area contributed by atoms with E-state index in [0.29, 0.717) is 25.9 Å². The molecule has 0 aromatic heterocycles. The van der Waals surface area contributed by atoms with Crippen molar-refractivity contribution in [1.29, 1.82) is 0 Å². The monoisotopic (exact) mass is 482 g/mol. The number of piperidine rings is 1. The van der Waals surface area contributed by atoms with Gasteiger partial charge in [0.05, 0.1) is 12.7 Å². The van der Waals surface area contributed by atoms with Crippen molar-refractivity contribution in [1.82, 2.24) is 10.2 Å². The van der Waals surface area contributed by atoms with Gasteiger partial charge in [0.1, 0.15) is 19.8 Å². The molecule has 2 aliphatic rings. The first-order chi connectivity index (χ1) is 17.0. The van der Waals surface area contributed by atoms with Crippen LogP contribution in [0.15, 0.2) is 48.5 Å². The smallest absolute Gasteiger partial charge is 0.407 e. The molecule has 0 unspecified atom stereocenters. The molecular formula is C26H30N2O7. The average molecular weight is 483 g/mol. The predicted octanol–water partition coefficient (Wildman–Crippen LogP) is 2.63. The number of likely N-dealkylation sites (tertiary alicyclic amines) is 1. The van der Waals surface area contributed by atoms with Crippen molar-refractivity contribution in [2.24, 2.45) is 0 Å². The van der Waals surface area contributed by atoms with Crippen LogP contribution < -0.4 is 5.32 Å². The summed E-state index contributed by atoms with van der Waals surface area (Å²) in [5.41, 5.74) is 4.65. The summed E-state index contributed by atoms with van der Waals surface area (Å²) >= 11 is 0. The number of carbonyl (C=O) groups excluding carboxylic acids is 2. The van der Waals surface area contributed by atoms with Gasteiger partial charge in [0.25, 0.3) is 0 Å². The number of carboxylic acid groups (broad SMARTS) is 1. The van der Waals surface area contributed by atoms with Crippen LogP contribution in [0.5, 0.6) is 0 Å². The lowest BCUT2D eigenvalue weighted by molar-refractivity contribution is -0.147. The van der Waals surface area contributed by atoms with E-state index in [2.05, 4.69) is 29.6 Å². The van der Waals surface area contributed by atoms with Crippen LogP contribution >= 0.6 is 0 Å². The van der Waals surface area contributed by atoms with Gasteiger partial charge in [0.2, 0.25) is 5.91 Å². The van der Waals surface area contributed by atoms with Crippen LogP contribution in [0.2, 0.25) is 0 Å². The Morgan fingerprint density at radius 1 is 0.943 bits per heavy atom. The Morgan fingerprint density at radius 3 is 2.20 bits per heavy atom. The lowest BCUT2D eigenvalue weighted by atomic mass is 9.98. The number of hydrogen-bond acceptors (Lipinski definition) is 6. The minimum absolute atomic E-state index is 0.000638. The Kier molecular flexibility index (Phi) is 8.33. The fourth-order valence-electron chi connectivity index (χ4n) is 4.59. The number of carbonyl (C=O) groups is 3. The molecule has 0 atom stereocenters. The third-order valence-corrected chi connectivity index (χ3v) is 6.32. The van der Waals surface area contributed by atoms with E-state index in [1.54, 1.807) is 4.90 Å². The average Bonchev–Trinajstić information content (AvgIpc) is 3.20. The van der Waals surface area contributed by atoms with Crippen molar-refractivity contribution in [2.45, 2.75) is 24.9 Å². The SMILES string of the molecule is O=C(O)COC1CCN(C(=O)COCCNC(=O)OCC2c3ccccc3-c3ccccc32)CC1. The molecule has 2 N–H and O–H groups in total. The third-order valence-electron chi connectivity index (χ3n) is 6.32. The van der Waals surface area contributed by atoms with Gasteiger partial charge in [0.15, 0.2) is 0 Å². The summed E-state index contributed by atoms with van der Waals surface area (Å²) in [7, 11) is 0. The maximum atomic E-state index is 12.3. The highest BCUT2D eigenvalue weighted by atomic mass is 16.5. The van der Waals surface area contributed by atoms with Gasteiger partial charge in [-0.1, -0.05) is 48.5 Å². The fraction of sp³-hybridized carbons (Fsp3) is 0.423. The molecule has 0 spiro atoms. The predicted molar refractivity (Wildman–Crippen MR) is 127 cm³/mol. The number of amides is 2. The second-order valence-corrected chi connectivity index (χ2v) is 8.59. The second-order valence-electron chi connectivity index (χ2n) is 8.59. The van der Waals surface area contributed by atoms with E-state index in [4.69, 9.17) is 19.3 Å². The highest BCUT2D eigenvalue weighted by Gasteiger charge is 2.29. The number of fused-ring (bicyclic) bond motifs is 3. The van der Waals surface area contributed by atoms with Crippen molar-refractivity contribution < 1.29 is 33.7 Å². The van der Waals surface area contributed by atoms with E-state index in [1.807, 2.05) is 24.3 Å². The standard InChI is InChI=1S/C26H30N2O7/c29-24(28-12-9-18(10-13-28)34-17-25(30)31)16-33-14-11-27-26(32)35-15-23-21-7-3-1-5-19(21)20-6-2-4-8-22(20)23/h1-8,18,23H,9-17H2,(H,27,32)(H,30,31). The number of benzene rings is 2. The maximum Gasteiger partial charge on any atom is 0.407 e. The number of rotatable bonds is 10. The summed E-state index contributed by atoms with van der Waals surface area (Å²) in [6, 6.07) is 16.3. The Balaban J connectivity index is 1.11. The van der Waals surface area contributed by atoms with Crippen LogP contribution in [-0.2, 0) is 23.8 Å². The lowest BCUT2D eigenvalue weighted by Crippen LogP contribution is -2.43. The topological polar surface area (TPSA) is 114 Å². The first kappa shape index (κ1) is 24.7. The third kappa shape index (κ3) is 6.37. The zero-order valence-electron chi connectivity index (χ0n) is 19.5. The van der Waals surface area contributed by atoms with Crippen LogP contribution in [-0.4, -0.2) is 80.1 Å². The van der Waals surface area contributed by atoms with Gasteiger partial charge in [-0.15, -0.1) is 0 Å². The molecule has 0 radical (unpaired) electrons. The van der Waals surface area contributed by atoms with Crippen molar-refractivity contribution in [3.63, 3.8) is 0 Å². The summed E-state index contributed by atoms with van der Waals surface area (Å²) in [5, 5.41) is 11.3. The van der Waals surface area contributed by atoms with Crippen molar-refractivity contribution in [3.8, 4) is 11.1 Å².